The van der Waals surface area contributed by atoms with E-state index in [2.05, 4.69) is 15.5 Å². The highest BCUT2D eigenvalue weighted by atomic mass is 19.1. The lowest BCUT2D eigenvalue weighted by molar-refractivity contribution is -0.384. The zero-order valence-electron chi connectivity index (χ0n) is 15.9. The van der Waals surface area contributed by atoms with Crippen LogP contribution in [0.2, 0.25) is 0 Å². The molecule has 7 nitrogen and oxygen atoms in total. The topological polar surface area (TPSA) is 94.1 Å². The van der Waals surface area contributed by atoms with E-state index in [0.717, 1.165) is 5.56 Å². The van der Waals surface area contributed by atoms with Crippen LogP contribution in [-0.2, 0) is 0 Å². The van der Waals surface area contributed by atoms with Crippen LogP contribution in [-0.4, -0.2) is 15.1 Å². The van der Waals surface area contributed by atoms with Gasteiger partial charge in [0.1, 0.15) is 11.9 Å². The van der Waals surface area contributed by atoms with Crippen molar-refractivity contribution in [2.24, 2.45) is 0 Å². The largest absolute Gasteiger partial charge is 0.418 e. The van der Waals surface area contributed by atoms with Crippen LogP contribution in [0.3, 0.4) is 0 Å². The van der Waals surface area contributed by atoms with Crippen LogP contribution in [0.15, 0.2) is 77.2 Å². The minimum atomic E-state index is -0.781. The maximum atomic E-state index is 14.6. The Morgan fingerprint density at radius 3 is 2.47 bits per heavy atom. The molecule has 0 radical (unpaired) electrons. The molecule has 0 spiro atoms. The number of halogens is 1. The number of nitrogens with zero attached hydrogens (tertiary/aromatic N) is 3. The quantitative estimate of drug-likeness (QED) is 0.346. The van der Waals surface area contributed by atoms with Crippen molar-refractivity contribution in [2.75, 3.05) is 5.32 Å². The van der Waals surface area contributed by atoms with E-state index >= 15 is 0 Å². The summed E-state index contributed by atoms with van der Waals surface area (Å²) in [5, 5.41) is 22.4. The second kappa shape index (κ2) is 8.12. The Kier molecular flexibility index (Phi) is 5.21. The molecule has 0 aliphatic rings. The standard InChI is InChI=1S/C22H17FN4O3/c1-14-13-16(27(28)29)11-12-19(14)24-20(17-9-5-6-10-18(17)23)22-26-25-21(30-22)15-7-3-2-4-8-15/h2-13,20,24H,1H3/t20-/m1/s1. The van der Waals surface area contributed by atoms with E-state index in [9.17, 15) is 14.5 Å². The molecule has 1 atom stereocenters. The molecule has 0 aliphatic heterocycles. The molecule has 150 valence electrons. The van der Waals surface area contributed by atoms with E-state index in [-0.39, 0.29) is 11.6 Å². The van der Waals surface area contributed by atoms with Crippen LogP contribution in [0.5, 0.6) is 0 Å². The van der Waals surface area contributed by atoms with Crippen LogP contribution in [0.4, 0.5) is 15.8 Å². The highest BCUT2D eigenvalue weighted by Gasteiger charge is 2.25. The number of rotatable bonds is 6. The maximum absolute atomic E-state index is 14.6. The molecule has 0 fully saturated rings. The Morgan fingerprint density at radius 2 is 1.77 bits per heavy atom. The Morgan fingerprint density at radius 1 is 1.03 bits per heavy atom. The molecule has 8 heteroatoms. The molecule has 0 unspecified atom stereocenters. The second-order valence-corrected chi connectivity index (χ2v) is 6.67. The highest BCUT2D eigenvalue weighted by molar-refractivity contribution is 5.58. The molecule has 4 aromatic rings. The minimum Gasteiger partial charge on any atom is -0.418 e. The summed E-state index contributed by atoms with van der Waals surface area (Å²) in [6.45, 7) is 1.73. The van der Waals surface area contributed by atoms with Crippen molar-refractivity contribution in [2.45, 2.75) is 13.0 Å². The molecule has 0 saturated carbocycles. The average molecular weight is 404 g/mol. The average Bonchev–Trinajstić information content (AvgIpc) is 3.24. The van der Waals surface area contributed by atoms with Crippen molar-refractivity contribution in [3.63, 3.8) is 0 Å². The van der Waals surface area contributed by atoms with Gasteiger partial charge in [0.25, 0.3) is 5.69 Å². The lowest BCUT2D eigenvalue weighted by Gasteiger charge is -2.19. The summed E-state index contributed by atoms with van der Waals surface area (Å²) in [5.41, 5.74) is 2.26. The number of benzene rings is 3. The Bertz CT molecular complexity index is 1190. The van der Waals surface area contributed by atoms with E-state index in [1.165, 1.54) is 18.2 Å². The van der Waals surface area contributed by atoms with E-state index < -0.39 is 16.8 Å². The van der Waals surface area contributed by atoms with Gasteiger partial charge in [0.15, 0.2) is 0 Å². The molecule has 4 rings (SSSR count). The number of hydrogen-bond donors (Lipinski definition) is 1. The van der Waals surface area contributed by atoms with E-state index in [1.807, 2.05) is 30.3 Å². The predicted molar refractivity (Wildman–Crippen MR) is 109 cm³/mol. The number of non-ortho nitro benzene ring substituents is 1. The highest BCUT2D eigenvalue weighted by Crippen LogP contribution is 2.32. The molecular weight excluding hydrogens is 387 g/mol. The Hall–Kier alpha value is -4.07. The number of nitrogens with one attached hydrogen (secondary N) is 1. The van der Waals surface area contributed by atoms with Crippen molar-refractivity contribution < 1.29 is 13.7 Å². The van der Waals surface area contributed by atoms with Crippen LogP contribution in [0.25, 0.3) is 11.5 Å². The van der Waals surface area contributed by atoms with Gasteiger partial charge in [0, 0.05) is 28.9 Å². The Labute approximate surface area is 171 Å². The smallest absolute Gasteiger partial charge is 0.269 e. The van der Waals surface area contributed by atoms with Gasteiger partial charge in [-0.15, -0.1) is 10.2 Å². The lowest BCUT2D eigenvalue weighted by Crippen LogP contribution is -2.15. The molecular formula is C22H17FN4O3. The number of nitro groups is 1. The van der Waals surface area contributed by atoms with Crippen molar-refractivity contribution >= 4 is 11.4 Å². The van der Waals surface area contributed by atoms with Gasteiger partial charge in [0.05, 0.1) is 4.92 Å². The van der Waals surface area contributed by atoms with Gasteiger partial charge in [-0.1, -0.05) is 36.4 Å². The van der Waals surface area contributed by atoms with Gasteiger partial charge < -0.3 is 9.73 Å². The van der Waals surface area contributed by atoms with E-state index in [0.29, 0.717) is 22.7 Å². The predicted octanol–water partition coefficient (Wildman–Crippen LogP) is 5.29. The second-order valence-electron chi connectivity index (χ2n) is 6.67. The first-order chi connectivity index (χ1) is 14.5. The summed E-state index contributed by atoms with van der Waals surface area (Å²) < 4.78 is 20.5. The van der Waals surface area contributed by atoms with Crippen molar-refractivity contribution in [3.05, 3.63) is 106 Å². The molecule has 1 N–H and O–H groups in total. The first-order valence-electron chi connectivity index (χ1n) is 9.18. The first kappa shape index (κ1) is 19.3. The van der Waals surface area contributed by atoms with Crippen molar-refractivity contribution in [1.82, 2.24) is 10.2 Å². The molecule has 0 aliphatic carbocycles. The molecule has 1 heterocycles. The van der Waals surface area contributed by atoms with Gasteiger partial charge in [0.2, 0.25) is 11.8 Å². The summed E-state index contributed by atoms with van der Waals surface area (Å²) in [4.78, 5) is 10.6. The number of aryl methyl sites for hydroxylation is 1. The molecule has 0 amide bonds. The van der Waals surface area contributed by atoms with Gasteiger partial charge >= 0.3 is 0 Å². The van der Waals surface area contributed by atoms with Crippen LogP contribution < -0.4 is 5.32 Å². The molecule has 0 bridgehead atoms. The normalized spacial score (nSPS) is 11.8. The minimum absolute atomic E-state index is 0.0235. The SMILES string of the molecule is Cc1cc([N+](=O)[O-])ccc1N[C@@H](c1nnc(-c2ccccc2)o1)c1ccccc1F. The van der Waals surface area contributed by atoms with Gasteiger partial charge in [-0.3, -0.25) is 10.1 Å². The van der Waals surface area contributed by atoms with Crippen LogP contribution in [0.1, 0.15) is 23.1 Å². The summed E-state index contributed by atoms with van der Waals surface area (Å²) >= 11 is 0. The fourth-order valence-corrected chi connectivity index (χ4v) is 3.11. The van der Waals surface area contributed by atoms with E-state index in [1.54, 1.807) is 31.2 Å². The van der Waals surface area contributed by atoms with Gasteiger partial charge in [-0.05, 0) is 36.8 Å². The summed E-state index contributed by atoms with van der Waals surface area (Å²) in [6.07, 6.45) is 0. The van der Waals surface area contributed by atoms with Gasteiger partial charge in [-0.25, -0.2) is 4.39 Å². The molecule has 30 heavy (non-hydrogen) atoms. The third-order valence-electron chi connectivity index (χ3n) is 4.65. The first-order valence-corrected chi connectivity index (χ1v) is 9.18. The summed E-state index contributed by atoms with van der Waals surface area (Å²) in [7, 11) is 0. The lowest BCUT2D eigenvalue weighted by atomic mass is 10.0. The number of nitro benzene ring substituents is 1. The number of hydrogen-bond acceptors (Lipinski definition) is 6. The number of anilines is 1. The zero-order valence-corrected chi connectivity index (χ0v) is 15.9. The number of aromatic nitrogens is 2. The van der Waals surface area contributed by atoms with Crippen molar-refractivity contribution in [1.29, 1.82) is 0 Å². The Balaban J connectivity index is 1.74. The van der Waals surface area contributed by atoms with Gasteiger partial charge in [-0.2, -0.15) is 0 Å². The van der Waals surface area contributed by atoms with Crippen LogP contribution >= 0.6 is 0 Å². The monoisotopic (exact) mass is 404 g/mol. The summed E-state index contributed by atoms with van der Waals surface area (Å²) in [6, 6.07) is 19.2. The molecule has 3 aromatic carbocycles. The fourth-order valence-electron chi connectivity index (χ4n) is 3.11. The fraction of sp³-hybridized carbons (Fsp3) is 0.0909. The van der Waals surface area contributed by atoms with Crippen molar-refractivity contribution in [3.8, 4) is 11.5 Å². The third kappa shape index (κ3) is 3.88. The maximum Gasteiger partial charge on any atom is 0.269 e. The van der Waals surface area contributed by atoms with E-state index in [4.69, 9.17) is 4.42 Å². The summed E-state index contributed by atoms with van der Waals surface area (Å²) in [5.74, 6) is 0.0555. The molecule has 1 aromatic heterocycles. The third-order valence-corrected chi connectivity index (χ3v) is 4.65. The molecule has 0 saturated heterocycles. The zero-order chi connectivity index (χ0) is 21.1. The van der Waals surface area contributed by atoms with Crippen LogP contribution in [0, 0.1) is 22.9 Å².